The molecule has 110 valence electrons. The lowest BCUT2D eigenvalue weighted by molar-refractivity contribution is -0.139. The molecule has 2 atom stereocenters. The lowest BCUT2D eigenvalue weighted by Crippen LogP contribution is -2.50. The van der Waals surface area contributed by atoms with Gasteiger partial charge in [0, 0.05) is 19.5 Å². The number of carbonyl (C=O) groups is 3. The molecular formula is C12H23N3O4. The molecule has 0 saturated heterocycles. The third kappa shape index (κ3) is 6.08. The number of hydrogen-bond acceptors (Lipinski definition) is 3. The molecule has 0 aromatic carbocycles. The number of nitrogens with zero attached hydrogens (tertiary/aromatic N) is 1. The number of nitrogens with one attached hydrogen (secondary N) is 1. The van der Waals surface area contributed by atoms with Crippen molar-refractivity contribution < 1.29 is 19.5 Å². The monoisotopic (exact) mass is 273 g/mol. The zero-order valence-corrected chi connectivity index (χ0v) is 11.8. The summed E-state index contributed by atoms with van der Waals surface area (Å²) in [6.45, 7) is 5.82. The summed E-state index contributed by atoms with van der Waals surface area (Å²) in [7, 11) is 1.60. The van der Waals surface area contributed by atoms with Gasteiger partial charge in [0.15, 0.2) is 0 Å². The van der Waals surface area contributed by atoms with Crippen LogP contribution in [0.1, 0.15) is 33.6 Å². The molecule has 7 nitrogen and oxygen atoms in total. The summed E-state index contributed by atoms with van der Waals surface area (Å²) in [5, 5.41) is 11.4. The van der Waals surface area contributed by atoms with Crippen molar-refractivity contribution in [3.8, 4) is 0 Å². The van der Waals surface area contributed by atoms with Crippen LogP contribution < -0.4 is 11.1 Å². The van der Waals surface area contributed by atoms with Gasteiger partial charge in [0.1, 0.15) is 6.04 Å². The van der Waals surface area contributed by atoms with Crippen LogP contribution in [0.4, 0.5) is 4.79 Å². The summed E-state index contributed by atoms with van der Waals surface area (Å²) in [6.07, 6.45) is -0.0962. The zero-order chi connectivity index (χ0) is 15.2. The van der Waals surface area contributed by atoms with Crippen molar-refractivity contribution in [2.45, 2.75) is 45.7 Å². The molecule has 0 spiro atoms. The molecule has 0 aromatic rings. The van der Waals surface area contributed by atoms with Crippen molar-refractivity contribution in [3.05, 3.63) is 0 Å². The highest BCUT2D eigenvalue weighted by molar-refractivity contribution is 5.83. The molecule has 0 heterocycles. The van der Waals surface area contributed by atoms with E-state index in [1.165, 1.54) is 4.90 Å². The number of amides is 3. The summed E-state index contributed by atoms with van der Waals surface area (Å²) in [6, 6.07) is -1.61. The maximum Gasteiger partial charge on any atom is 0.326 e. The number of carboxylic acid groups (broad SMARTS) is 1. The normalized spacial score (nSPS) is 13.7. The average Bonchev–Trinajstić information content (AvgIpc) is 2.31. The fourth-order valence-corrected chi connectivity index (χ4v) is 1.43. The number of rotatable bonds is 7. The first-order chi connectivity index (χ1) is 8.66. The number of aliphatic carboxylic acids is 1. The van der Waals surface area contributed by atoms with Gasteiger partial charge in [0.2, 0.25) is 5.91 Å². The van der Waals surface area contributed by atoms with Crippen LogP contribution in [-0.4, -0.2) is 47.0 Å². The van der Waals surface area contributed by atoms with Gasteiger partial charge in [-0.2, -0.15) is 0 Å². The number of nitrogens with two attached hydrogens (primary N) is 1. The molecule has 0 aliphatic heterocycles. The molecule has 0 radical (unpaired) electrons. The zero-order valence-electron chi connectivity index (χ0n) is 11.8. The van der Waals surface area contributed by atoms with Gasteiger partial charge in [-0.1, -0.05) is 13.8 Å². The molecule has 0 rings (SSSR count). The van der Waals surface area contributed by atoms with Crippen molar-refractivity contribution >= 4 is 17.9 Å². The van der Waals surface area contributed by atoms with Gasteiger partial charge >= 0.3 is 12.0 Å². The summed E-state index contributed by atoms with van der Waals surface area (Å²) in [5.41, 5.74) is 4.96. The van der Waals surface area contributed by atoms with Crippen molar-refractivity contribution in [2.24, 2.45) is 11.7 Å². The van der Waals surface area contributed by atoms with E-state index < -0.39 is 23.9 Å². The Labute approximate surface area is 113 Å². The average molecular weight is 273 g/mol. The van der Waals surface area contributed by atoms with Crippen LogP contribution in [0.15, 0.2) is 0 Å². The molecule has 3 amide bonds. The molecule has 0 aromatic heterocycles. The quantitative estimate of drug-likeness (QED) is 0.622. The Bertz CT molecular complexity index is 344. The summed E-state index contributed by atoms with van der Waals surface area (Å²) in [5.74, 6) is -1.52. The second-order valence-corrected chi connectivity index (χ2v) is 4.94. The van der Waals surface area contributed by atoms with Crippen LogP contribution in [0, 0.1) is 5.92 Å². The van der Waals surface area contributed by atoms with Gasteiger partial charge in [0.05, 0.1) is 0 Å². The number of carboxylic acids is 1. The summed E-state index contributed by atoms with van der Waals surface area (Å²) >= 11 is 0. The Morgan fingerprint density at radius 1 is 1.26 bits per heavy atom. The Balaban J connectivity index is 4.54. The van der Waals surface area contributed by atoms with Gasteiger partial charge in [-0.3, -0.25) is 4.79 Å². The molecule has 19 heavy (non-hydrogen) atoms. The topological polar surface area (TPSA) is 113 Å². The molecule has 4 N–H and O–H groups in total. The van der Waals surface area contributed by atoms with Crippen LogP contribution >= 0.6 is 0 Å². The third-order valence-electron chi connectivity index (χ3n) is 3.17. The maximum absolute atomic E-state index is 11.9. The van der Waals surface area contributed by atoms with E-state index in [1.54, 1.807) is 7.05 Å². The van der Waals surface area contributed by atoms with E-state index in [4.69, 9.17) is 10.8 Å². The molecule has 0 fully saturated rings. The lowest BCUT2D eigenvalue weighted by Gasteiger charge is -2.29. The molecule has 0 aliphatic rings. The van der Waals surface area contributed by atoms with Crippen molar-refractivity contribution in [1.82, 2.24) is 10.2 Å². The van der Waals surface area contributed by atoms with E-state index in [0.717, 1.165) is 0 Å². The molecule has 0 bridgehead atoms. The van der Waals surface area contributed by atoms with Gasteiger partial charge < -0.3 is 21.1 Å². The number of hydrogen-bond donors (Lipinski definition) is 3. The largest absolute Gasteiger partial charge is 0.480 e. The van der Waals surface area contributed by atoms with Crippen LogP contribution in [0.5, 0.6) is 0 Å². The fraction of sp³-hybridized carbons (Fsp3) is 0.750. The lowest BCUT2D eigenvalue weighted by atomic mass is 10.1. The highest BCUT2D eigenvalue weighted by atomic mass is 16.4. The SMILES string of the molecule is CC(C)C(C)N(C)C(=O)NC(CCC(N)=O)C(=O)O. The smallest absolute Gasteiger partial charge is 0.326 e. The first-order valence-corrected chi connectivity index (χ1v) is 6.21. The van der Waals surface area contributed by atoms with Gasteiger partial charge in [-0.15, -0.1) is 0 Å². The predicted octanol–water partition coefficient (Wildman–Crippen LogP) is 0.391. The minimum absolute atomic E-state index is 0.0136. The van der Waals surface area contributed by atoms with E-state index in [0.29, 0.717) is 0 Å². The molecule has 0 saturated carbocycles. The summed E-state index contributed by atoms with van der Waals surface area (Å²) in [4.78, 5) is 35.0. The first kappa shape index (κ1) is 17.2. The Kier molecular flexibility index (Phi) is 6.89. The van der Waals surface area contributed by atoms with Crippen LogP contribution in [0.3, 0.4) is 0 Å². The Morgan fingerprint density at radius 2 is 1.79 bits per heavy atom. The predicted molar refractivity (Wildman–Crippen MR) is 70.4 cm³/mol. The highest BCUT2D eigenvalue weighted by Gasteiger charge is 2.24. The standard InChI is InChI=1S/C12H23N3O4/c1-7(2)8(3)15(4)12(19)14-9(11(17)18)5-6-10(13)16/h7-9H,5-6H2,1-4H3,(H2,13,16)(H,14,19)(H,17,18). The van der Waals surface area contributed by atoms with E-state index in [1.807, 2.05) is 20.8 Å². The van der Waals surface area contributed by atoms with Gasteiger partial charge in [0.25, 0.3) is 0 Å². The number of carbonyl (C=O) groups excluding carboxylic acids is 2. The van der Waals surface area contributed by atoms with E-state index in [-0.39, 0.29) is 24.8 Å². The van der Waals surface area contributed by atoms with Gasteiger partial charge in [-0.25, -0.2) is 9.59 Å². The fourth-order valence-electron chi connectivity index (χ4n) is 1.43. The molecule has 2 unspecified atom stereocenters. The summed E-state index contributed by atoms with van der Waals surface area (Å²) < 4.78 is 0. The third-order valence-corrected chi connectivity index (χ3v) is 3.17. The van der Waals surface area contributed by atoms with Gasteiger partial charge in [-0.05, 0) is 19.3 Å². The molecule has 0 aliphatic carbocycles. The van der Waals surface area contributed by atoms with Crippen LogP contribution in [0.2, 0.25) is 0 Å². The van der Waals surface area contributed by atoms with Crippen LogP contribution in [0.25, 0.3) is 0 Å². The van der Waals surface area contributed by atoms with E-state index in [9.17, 15) is 14.4 Å². The second kappa shape index (κ2) is 7.60. The minimum atomic E-state index is -1.18. The number of urea groups is 1. The highest BCUT2D eigenvalue weighted by Crippen LogP contribution is 2.08. The van der Waals surface area contributed by atoms with Crippen molar-refractivity contribution in [3.63, 3.8) is 0 Å². The Morgan fingerprint density at radius 3 is 2.16 bits per heavy atom. The first-order valence-electron chi connectivity index (χ1n) is 6.21. The maximum atomic E-state index is 11.9. The second-order valence-electron chi connectivity index (χ2n) is 4.94. The molecule has 7 heteroatoms. The molecular weight excluding hydrogens is 250 g/mol. The Hall–Kier alpha value is -1.79. The van der Waals surface area contributed by atoms with E-state index in [2.05, 4.69) is 5.32 Å². The number of primary amides is 1. The van der Waals surface area contributed by atoms with Crippen molar-refractivity contribution in [1.29, 1.82) is 0 Å². The van der Waals surface area contributed by atoms with Crippen LogP contribution in [-0.2, 0) is 9.59 Å². The minimum Gasteiger partial charge on any atom is -0.480 e. The van der Waals surface area contributed by atoms with Crippen molar-refractivity contribution in [2.75, 3.05) is 7.05 Å². The van der Waals surface area contributed by atoms with E-state index >= 15 is 0 Å².